The first-order chi connectivity index (χ1) is 9.16. The van der Waals surface area contributed by atoms with E-state index in [9.17, 15) is 9.59 Å². The fourth-order valence-electron chi connectivity index (χ4n) is 2.08. The van der Waals surface area contributed by atoms with Crippen LogP contribution in [0.5, 0.6) is 0 Å². The molecule has 4 nitrogen and oxygen atoms in total. The summed E-state index contributed by atoms with van der Waals surface area (Å²) < 4.78 is 0. The van der Waals surface area contributed by atoms with Crippen molar-refractivity contribution in [3.05, 3.63) is 42.5 Å². The number of hydrogen-bond acceptors (Lipinski definition) is 4. The molecule has 0 spiro atoms. The van der Waals surface area contributed by atoms with Gasteiger partial charge in [0, 0.05) is 18.1 Å². The summed E-state index contributed by atoms with van der Waals surface area (Å²) in [7, 11) is 1.50. The monoisotopic (exact) mass is 272 g/mol. The van der Waals surface area contributed by atoms with E-state index in [2.05, 4.69) is 5.32 Å². The Labute approximate surface area is 114 Å². The molecule has 1 atom stereocenters. The van der Waals surface area contributed by atoms with Crippen molar-refractivity contribution >= 4 is 39.4 Å². The van der Waals surface area contributed by atoms with Crippen molar-refractivity contribution in [2.24, 2.45) is 0 Å². The smallest absolute Gasteiger partial charge is 0.290 e. The molecule has 2 amide bonds. The SMILES string of the molecule is CN1C(=O)S[C@@H](Nc2cccc3ccccc23)C1=O. The van der Waals surface area contributed by atoms with Crippen LogP contribution >= 0.6 is 11.8 Å². The molecule has 19 heavy (non-hydrogen) atoms. The van der Waals surface area contributed by atoms with E-state index in [1.807, 2.05) is 42.5 Å². The molecule has 0 aliphatic carbocycles. The number of rotatable bonds is 2. The van der Waals surface area contributed by atoms with Gasteiger partial charge in [-0.1, -0.05) is 36.4 Å². The van der Waals surface area contributed by atoms with Gasteiger partial charge >= 0.3 is 0 Å². The molecule has 96 valence electrons. The minimum absolute atomic E-state index is 0.206. The second-order valence-electron chi connectivity index (χ2n) is 4.33. The lowest BCUT2D eigenvalue weighted by molar-refractivity contribution is -0.125. The number of fused-ring (bicyclic) bond motifs is 1. The molecule has 5 heteroatoms. The zero-order valence-corrected chi connectivity index (χ0v) is 11.1. The summed E-state index contributed by atoms with van der Waals surface area (Å²) in [6, 6.07) is 13.8. The molecular formula is C14H12N2O2S. The van der Waals surface area contributed by atoms with Crippen molar-refractivity contribution in [2.45, 2.75) is 5.37 Å². The Kier molecular flexibility index (Phi) is 2.91. The zero-order valence-electron chi connectivity index (χ0n) is 10.3. The highest BCUT2D eigenvalue weighted by Crippen LogP contribution is 2.30. The van der Waals surface area contributed by atoms with Gasteiger partial charge in [0.1, 0.15) is 0 Å². The van der Waals surface area contributed by atoms with E-state index in [1.165, 1.54) is 7.05 Å². The van der Waals surface area contributed by atoms with Crippen LogP contribution < -0.4 is 5.32 Å². The van der Waals surface area contributed by atoms with E-state index in [4.69, 9.17) is 0 Å². The van der Waals surface area contributed by atoms with Crippen molar-refractivity contribution < 1.29 is 9.59 Å². The number of anilines is 1. The number of thioether (sulfide) groups is 1. The molecule has 2 aromatic rings. The fraction of sp³-hybridized carbons (Fsp3) is 0.143. The van der Waals surface area contributed by atoms with Gasteiger partial charge in [0.25, 0.3) is 11.1 Å². The Morgan fingerprint density at radius 2 is 1.84 bits per heavy atom. The second kappa shape index (κ2) is 4.59. The summed E-state index contributed by atoms with van der Waals surface area (Å²) in [5, 5.41) is 4.53. The van der Waals surface area contributed by atoms with Gasteiger partial charge in [-0.3, -0.25) is 14.5 Å². The van der Waals surface area contributed by atoms with Crippen molar-refractivity contribution in [3.8, 4) is 0 Å². The second-order valence-corrected chi connectivity index (χ2v) is 5.39. The number of carbonyl (C=O) groups is 2. The molecule has 1 heterocycles. The van der Waals surface area contributed by atoms with E-state index in [1.54, 1.807) is 0 Å². The maximum absolute atomic E-state index is 11.9. The number of nitrogens with one attached hydrogen (secondary N) is 1. The normalized spacial score (nSPS) is 19.2. The lowest BCUT2D eigenvalue weighted by Crippen LogP contribution is -2.31. The topological polar surface area (TPSA) is 49.4 Å². The summed E-state index contributed by atoms with van der Waals surface area (Å²) in [4.78, 5) is 24.5. The minimum atomic E-state index is -0.539. The number of imide groups is 1. The van der Waals surface area contributed by atoms with Crippen LogP contribution in [0.2, 0.25) is 0 Å². The Morgan fingerprint density at radius 1 is 1.11 bits per heavy atom. The van der Waals surface area contributed by atoms with Crippen LogP contribution in [0.3, 0.4) is 0 Å². The van der Waals surface area contributed by atoms with Crippen LogP contribution in [0.1, 0.15) is 0 Å². The molecule has 1 aliphatic rings. The Bertz CT molecular complexity index is 666. The van der Waals surface area contributed by atoms with E-state index < -0.39 is 5.37 Å². The zero-order chi connectivity index (χ0) is 13.4. The van der Waals surface area contributed by atoms with Gasteiger partial charge < -0.3 is 5.32 Å². The highest BCUT2D eigenvalue weighted by Gasteiger charge is 2.37. The number of carbonyl (C=O) groups excluding carboxylic acids is 2. The van der Waals surface area contributed by atoms with Gasteiger partial charge in [-0.15, -0.1) is 0 Å². The van der Waals surface area contributed by atoms with Crippen LogP contribution in [0.4, 0.5) is 10.5 Å². The molecular weight excluding hydrogens is 260 g/mol. The third kappa shape index (κ3) is 2.06. The first-order valence-electron chi connectivity index (χ1n) is 5.89. The highest BCUT2D eigenvalue weighted by atomic mass is 32.2. The van der Waals surface area contributed by atoms with Crippen LogP contribution in [-0.4, -0.2) is 28.5 Å². The van der Waals surface area contributed by atoms with Crippen LogP contribution in [0.15, 0.2) is 42.5 Å². The standard InChI is InChI=1S/C14H12N2O2S/c1-16-13(17)12(19-14(16)18)15-11-8-4-6-9-5-2-3-7-10(9)11/h2-8,12,15H,1H3/t12-/m1/s1. The number of nitrogens with zero attached hydrogens (tertiary/aromatic N) is 1. The summed E-state index contributed by atoms with van der Waals surface area (Å²) in [6.45, 7) is 0. The van der Waals surface area contributed by atoms with E-state index in [-0.39, 0.29) is 11.1 Å². The van der Waals surface area contributed by atoms with Crippen molar-refractivity contribution in [1.29, 1.82) is 0 Å². The molecule has 2 aromatic carbocycles. The van der Waals surface area contributed by atoms with Gasteiger partial charge in [0.15, 0.2) is 5.37 Å². The Hall–Kier alpha value is -2.01. The number of benzene rings is 2. The molecule has 1 N–H and O–H groups in total. The van der Waals surface area contributed by atoms with Crippen molar-refractivity contribution in [3.63, 3.8) is 0 Å². The first kappa shape index (κ1) is 12.0. The molecule has 0 radical (unpaired) electrons. The molecule has 1 fully saturated rings. The molecule has 1 saturated heterocycles. The fourth-order valence-corrected chi connectivity index (χ4v) is 2.97. The Balaban J connectivity index is 1.94. The molecule has 0 saturated carbocycles. The van der Waals surface area contributed by atoms with E-state index >= 15 is 0 Å². The summed E-state index contributed by atoms with van der Waals surface area (Å²) in [5.74, 6) is -0.206. The van der Waals surface area contributed by atoms with Gasteiger partial charge in [-0.25, -0.2) is 0 Å². The summed E-state index contributed by atoms with van der Waals surface area (Å²) >= 11 is 1.01. The molecule has 0 aromatic heterocycles. The van der Waals surface area contributed by atoms with Gasteiger partial charge in [-0.2, -0.15) is 0 Å². The number of hydrogen-bond donors (Lipinski definition) is 1. The number of amides is 2. The van der Waals surface area contributed by atoms with Gasteiger partial charge in [0.05, 0.1) is 0 Å². The van der Waals surface area contributed by atoms with Crippen molar-refractivity contribution in [2.75, 3.05) is 12.4 Å². The van der Waals surface area contributed by atoms with Gasteiger partial charge in [-0.05, 0) is 23.2 Å². The molecule has 0 bridgehead atoms. The first-order valence-corrected chi connectivity index (χ1v) is 6.77. The van der Waals surface area contributed by atoms with Crippen LogP contribution in [0.25, 0.3) is 10.8 Å². The summed E-state index contributed by atoms with van der Waals surface area (Å²) in [5.41, 5.74) is 0.868. The average molecular weight is 272 g/mol. The maximum Gasteiger partial charge on any atom is 0.290 e. The molecule has 3 rings (SSSR count). The van der Waals surface area contributed by atoms with E-state index in [0.717, 1.165) is 33.1 Å². The summed E-state index contributed by atoms with van der Waals surface area (Å²) in [6.07, 6.45) is 0. The van der Waals surface area contributed by atoms with Crippen molar-refractivity contribution in [1.82, 2.24) is 4.90 Å². The predicted molar refractivity (Wildman–Crippen MR) is 77.1 cm³/mol. The largest absolute Gasteiger partial charge is 0.365 e. The highest BCUT2D eigenvalue weighted by molar-refractivity contribution is 8.15. The van der Waals surface area contributed by atoms with Crippen LogP contribution in [-0.2, 0) is 4.79 Å². The van der Waals surface area contributed by atoms with Gasteiger partial charge in [0.2, 0.25) is 0 Å². The van der Waals surface area contributed by atoms with Crippen LogP contribution in [0, 0.1) is 0 Å². The molecule has 1 aliphatic heterocycles. The predicted octanol–water partition coefficient (Wildman–Crippen LogP) is 2.90. The lowest BCUT2D eigenvalue weighted by atomic mass is 10.1. The molecule has 0 unspecified atom stereocenters. The Morgan fingerprint density at radius 3 is 2.58 bits per heavy atom. The quantitative estimate of drug-likeness (QED) is 0.913. The maximum atomic E-state index is 11.9. The third-order valence-corrected chi connectivity index (χ3v) is 4.15. The third-order valence-electron chi connectivity index (χ3n) is 3.12. The minimum Gasteiger partial charge on any atom is -0.365 e. The van der Waals surface area contributed by atoms with E-state index in [0.29, 0.717) is 0 Å². The lowest BCUT2D eigenvalue weighted by Gasteiger charge is -2.13. The number of likely N-dealkylation sites (N-methyl/N-ethyl adjacent to an activating group) is 1. The average Bonchev–Trinajstić information content (AvgIpc) is 2.67.